The highest BCUT2D eigenvalue weighted by molar-refractivity contribution is 5.68. The first-order valence-corrected chi connectivity index (χ1v) is 4.97. The van der Waals surface area contributed by atoms with Crippen molar-refractivity contribution in [1.82, 2.24) is 14.9 Å². The molecular weight excluding hydrogens is 194 g/mol. The second-order valence-electron chi connectivity index (χ2n) is 3.63. The maximum Gasteiger partial charge on any atom is 0.311 e. The lowest BCUT2D eigenvalue weighted by atomic mass is 10.2. The van der Waals surface area contributed by atoms with Gasteiger partial charge in [0.05, 0.1) is 5.69 Å². The molecule has 1 N–H and O–H groups in total. The van der Waals surface area contributed by atoms with Crippen molar-refractivity contribution in [1.29, 1.82) is 0 Å². The van der Waals surface area contributed by atoms with E-state index in [2.05, 4.69) is 21.8 Å². The summed E-state index contributed by atoms with van der Waals surface area (Å²) >= 11 is 0. The predicted octanol–water partition coefficient (Wildman–Crippen LogP) is 0.439. The van der Waals surface area contributed by atoms with Crippen LogP contribution in [-0.2, 0) is 24.3 Å². The fourth-order valence-electron chi connectivity index (χ4n) is 1.71. The summed E-state index contributed by atoms with van der Waals surface area (Å²) in [6.07, 6.45) is 1.65. The third-order valence-electron chi connectivity index (χ3n) is 2.53. The zero-order chi connectivity index (χ0) is 10.8. The summed E-state index contributed by atoms with van der Waals surface area (Å²) in [5, 5.41) is 8.62. The minimum absolute atomic E-state index is 0.0978. The highest BCUT2D eigenvalue weighted by Gasteiger charge is 2.19. The maximum absolute atomic E-state index is 10.5. The molecule has 1 aliphatic heterocycles. The summed E-state index contributed by atoms with van der Waals surface area (Å²) in [5.74, 6) is -0.487. The fourth-order valence-corrected chi connectivity index (χ4v) is 1.71. The summed E-state index contributed by atoms with van der Waals surface area (Å²) in [4.78, 5) is 21.0. The van der Waals surface area contributed by atoms with Gasteiger partial charge < -0.3 is 5.11 Å². The smallest absolute Gasteiger partial charge is 0.311 e. The molecule has 5 nitrogen and oxygen atoms in total. The van der Waals surface area contributed by atoms with Crippen LogP contribution in [0.4, 0.5) is 0 Å². The van der Waals surface area contributed by atoms with Crippen LogP contribution in [0.15, 0.2) is 6.20 Å². The van der Waals surface area contributed by atoms with Gasteiger partial charge in [-0.15, -0.1) is 0 Å². The van der Waals surface area contributed by atoms with Gasteiger partial charge in [-0.3, -0.25) is 9.69 Å². The van der Waals surface area contributed by atoms with Crippen LogP contribution >= 0.6 is 0 Å². The van der Waals surface area contributed by atoms with E-state index in [1.54, 1.807) is 6.20 Å². The predicted molar refractivity (Wildman–Crippen MR) is 53.2 cm³/mol. The molecule has 0 atom stereocenters. The molecule has 0 spiro atoms. The largest absolute Gasteiger partial charge is 0.481 e. The van der Waals surface area contributed by atoms with E-state index in [0.717, 1.165) is 30.9 Å². The number of carboxylic acids is 1. The Hall–Kier alpha value is -1.49. The van der Waals surface area contributed by atoms with Gasteiger partial charge in [0.2, 0.25) is 0 Å². The first kappa shape index (κ1) is 10.0. The molecule has 0 saturated heterocycles. The molecule has 1 aliphatic rings. The van der Waals surface area contributed by atoms with Gasteiger partial charge in [-0.1, -0.05) is 6.92 Å². The molecule has 0 aromatic carbocycles. The van der Waals surface area contributed by atoms with Crippen LogP contribution in [0.5, 0.6) is 0 Å². The van der Waals surface area contributed by atoms with Crippen molar-refractivity contribution in [2.24, 2.45) is 0 Å². The number of nitrogens with zero attached hydrogens (tertiary/aromatic N) is 3. The van der Waals surface area contributed by atoms with E-state index < -0.39 is 5.97 Å². The van der Waals surface area contributed by atoms with Crippen LogP contribution in [0, 0.1) is 0 Å². The van der Waals surface area contributed by atoms with E-state index in [-0.39, 0.29) is 6.42 Å². The molecule has 2 heterocycles. The van der Waals surface area contributed by atoms with E-state index in [1.807, 2.05) is 0 Å². The number of aliphatic carboxylic acids is 1. The van der Waals surface area contributed by atoms with Gasteiger partial charge in [0, 0.05) is 24.8 Å². The lowest BCUT2D eigenvalue weighted by Gasteiger charge is -2.08. The number of carboxylic acid groups (broad SMARTS) is 1. The molecule has 1 aromatic rings. The van der Waals surface area contributed by atoms with Crippen LogP contribution in [0.1, 0.15) is 24.0 Å². The van der Waals surface area contributed by atoms with Gasteiger partial charge in [0.1, 0.15) is 12.2 Å². The quantitative estimate of drug-likeness (QED) is 0.779. The molecule has 0 radical (unpaired) electrons. The molecule has 0 aliphatic carbocycles. The first-order chi connectivity index (χ1) is 7.19. The minimum Gasteiger partial charge on any atom is -0.481 e. The summed E-state index contributed by atoms with van der Waals surface area (Å²) < 4.78 is 0. The van der Waals surface area contributed by atoms with Gasteiger partial charge in [-0.2, -0.15) is 0 Å². The molecular formula is C10H13N3O2. The Morgan fingerprint density at radius 2 is 2.40 bits per heavy atom. The number of hydrogen-bond donors (Lipinski definition) is 1. The zero-order valence-corrected chi connectivity index (χ0v) is 8.60. The van der Waals surface area contributed by atoms with Crippen LogP contribution in [0.2, 0.25) is 0 Å². The first-order valence-electron chi connectivity index (χ1n) is 4.97. The lowest BCUT2D eigenvalue weighted by molar-refractivity contribution is -0.136. The number of fused-ring (bicyclic) bond motifs is 1. The second-order valence-corrected chi connectivity index (χ2v) is 3.63. The van der Waals surface area contributed by atoms with E-state index >= 15 is 0 Å². The van der Waals surface area contributed by atoms with Gasteiger partial charge in [-0.25, -0.2) is 9.97 Å². The second kappa shape index (κ2) is 3.94. The lowest BCUT2D eigenvalue weighted by Crippen LogP contribution is -2.14. The maximum atomic E-state index is 10.5. The van der Waals surface area contributed by atoms with Crippen molar-refractivity contribution in [3.05, 3.63) is 23.3 Å². The standard InChI is InChI=1S/C10H13N3O2/c1-2-13-5-7-4-11-9(3-10(14)15)12-8(7)6-13/h4H,2-3,5-6H2,1H3,(H,14,15). The average Bonchev–Trinajstić information content (AvgIpc) is 2.58. The monoisotopic (exact) mass is 207 g/mol. The number of aromatic nitrogens is 2. The molecule has 5 heteroatoms. The molecule has 0 fully saturated rings. The van der Waals surface area contributed by atoms with Crippen molar-refractivity contribution < 1.29 is 9.90 Å². The topological polar surface area (TPSA) is 66.3 Å². The molecule has 0 saturated carbocycles. The van der Waals surface area contributed by atoms with Crippen LogP contribution in [0.3, 0.4) is 0 Å². The average molecular weight is 207 g/mol. The number of hydrogen-bond acceptors (Lipinski definition) is 4. The Labute approximate surface area is 87.8 Å². The Kier molecular flexibility index (Phi) is 2.64. The molecule has 0 unspecified atom stereocenters. The number of rotatable bonds is 3. The van der Waals surface area contributed by atoms with Crippen LogP contribution in [0.25, 0.3) is 0 Å². The zero-order valence-electron chi connectivity index (χ0n) is 8.60. The molecule has 2 rings (SSSR count). The minimum atomic E-state index is -0.889. The molecule has 0 amide bonds. The molecule has 15 heavy (non-hydrogen) atoms. The van der Waals surface area contributed by atoms with Gasteiger partial charge in [0.25, 0.3) is 0 Å². The normalized spacial score (nSPS) is 15.3. The van der Waals surface area contributed by atoms with Crippen molar-refractivity contribution in [2.75, 3.05) is 6.54 Å². The highest BCUT2D eigenvalue weighted by atomic mass is 16.4. The Balaban J connectivity index is 2.18. The van der Waals surface area contributed by atoms with E-state index in [1.165, 1.54) is 0 Å². The van der Waals surface area contributed by atoms with Gasteiger partial charge in [0.15, 0.2) is 0 Å². The van der Waals surface area contributed by atoms with E-state index in [4.69, 9.17) is 5.11 Å². The Bertz CT molecular complexity index is 392. The Morgan fingerprint density at radius 3 is 3.07 bits per heavy atom. The summed E-state index contributed by atoms with van der Waals surface area (Å²) in [7, 11) is 0. The van der Waals surface area contributed by atoms with E-state index in [0.29, 0.717) is 5.82 Å². The Morgan fingerprint density at radius 1 is 1.60 bits per heavy atom. The molecule has 1 aromatic heterocycles. The third kappa shape index (κ3) is 2.12. The van der Waals surface area contributed by atoms with Crippen molar-refractivity contribution >= 4 is 5.97 Å². The third-order valence-corrected chi connectivity index (χ3v) is 2.53. The fraction of sp³-hybridized carbons (Fsp3) is 0.500. The molecule has 0 bridgehead atoms. The van der Waals surface area contributed by atoms with Gasteiger partial charge in [-0.05, 0) is 6.54 Å². The molecule has 80 valence electrons. The van der Waals surface area contributed by atoms with Crippen molar-refractivity contribution in [3.63, 3.8) is 0 Å². The summed E-state index contributed by atoms with van der Waals surface area (Å²) in [5.41, 5.74) is 2.09. The van der Waals surface area contributed by atoms with Crippen molar-refractivity contribution in [2.45, 2.75) is 26.4 Å². The van der Waals surface area contributed by atoms with Gasteiger partial charge >= 0.3 is 5.97 Å². The van der Waals surface area contributed by atoms with Crippen molar-refractivity contribution in [3.8, 4) is 0 Å². The van der Waals surface area contributed by atoms with Crippen LogP contribution in [-0.4, -0.2) is 32.5 Å². The van der Waals surface area contributed by atoms with E-state index in [9.17, 15) is 4.79 Å². The SMILES string of the molecule is CCN1Cc2cnc(CC(=O)O)nc2C1. The highest BCUT2D eigenvalue weighted by Crippen LogP contribution is 2.19. The van der Waals surface area contributed by atoms with Crippen LogP contribution < -0.4 is 0 Å². The summed E-state index contributed by atoms with van der Waals surface area (Å²) in [6, 6.07) is 0. The summed E-state index contributed by atoms with van der Waals surface area (Å²) in [6.45, 7) is 4.75. The number of carbonyl (C=O) groups is 1.